The van der Waals surface area contributed by atoms with Gasteiger partial charge in [0.2, 0.25) is 0 Å². The summed E-state index contributed by atoms with van der Waals surface area (Å²) in [6, 6.07) is 9.44. The number of hydrogen-bond acceptors (Lipinski definition) is 4. The number of carbonyl (C=O) groups excluding carboxylic acids is 2. The number of rotatable bonds is 7. The molecule has 0 saturated carbocycles. The monoisotopic (exact) mass is 277 g/mol. The van der Waals surface area contributed by atoms with Gasteiger partial charge in [0.25, 0.3) is 0 Å². The molecule has 0 atom stereocenters. The smallest absolute Gasteiger partial charge is 0.407 e. The topological polar surface area (TPSA) is 64.6 Å². The van der Waals surface area contributed by atoms with E-state index < -0.39 is 6.09 Å². The van der Waals surface area contributed by atoms with Gasteiger partial charge in [-0.15, -0.1) is 0 Å². The number of ether oxygens (including phenoxy) is 2. The number of amides is 1. The average Bonchev–Trinajstić information content (AvgIpc) is 2.46. The molecular weight excluding hydrogens is 258 g/mol. The molecule has 1 aromatic rings. The van der Waals surface area contributed by atoms with Gasteiger partial charge in [0.15, 0.2) is 0 Å². The van der Waals surface area contributed by atoms with Crippen molar-refractivity contribution < 1.29 is 19.1 Å². The highest BCUT2D eigenvalue weighted by atomic mass is 16.5. The van der Waals surface area contributed by atoms with Crippen molar-refractivity contribution >= 4 is 12.1 Å². The molecule has 0 aliphatic heterocycles. The molecule has 0 aliphatic carbocycles. The van der Waals surface area contributed by atoms with E-state index in [-0.39, 0.29) is 12.6 Å². The molecule has 0 unspecified atom stereocenters. The van der Waals surface area contributed by atoms with Crippen molar-refractivity contribution in [1.29, 1.82) is 0 Å². The van der Waals surface area contributed by atoms with Crippen molar-refractivity contribution in [3.63, 3.8) is 0 Å². The molecule has 0 radical (unpaired) electrons. The van der Waals surface area contributed by atoms with Crippen LogP contribution in [0.25, 0.3) is 0 Å². The van der Waals surface area contributed by atoms with Crippen LogP contribution in [0.4, 0.5) is 4.79 Å². The van der Waals surface area contributed by atoms with Gasteiger partial charge in [0.05, 0.1) is 6.61 Å². The normalized spacial score (nSPS) is 10.2. The zero-order valence-corrected chi connectivity index (χ0v) is 11.5. The highest BCUT2D eigenvalue weighted by molar-refractivity contribution is 5.81. The highest BCUT2D eigenvalue weighted by Gasteiger charge is 2.00. The van der Waals surface area contributed by atoms with Crippen molar-refractivity contribution in [2.24, 2.45) is 0 Å². The molecule has 0 heterocycles. The molecule has 0 aromatic heterocycles. The lowest BCUT2D eigenvalue weighted by atomic mass is 10.2. The molecule has 20 heavy (non-hydrogen) atoms. The summed E-state index contributed by atoms with van der Waals surface area (Å²) in [5.41, 5.74) is 0.935. The van der Waals surface area contributed by atoms with E-state index in [1.54, 1.807) is 13.0 Å². The Hall–Kier alpha value is -2.30. The van der Waals surface area contributed by atoms with E-state index in [9.17, 15) is 9.59 Å². The molecule has 5 heteroatoms. The molecule has 1 rings (SSSR count). The first kappa shape index (κ1) is 15.8. The highest BCUT2D eigenvalue weighted by Crippen LogP contribution is 2.00. The van der Waals surface area contributed by atoms with Crippen LogP contribution < -0.4 is 5.32 Å². The van der Waals surface area contributed by atoms with Crippen LogP contribution in [0.3, 0.4) is 0 Å². The fourth-order valence-electron chi connectivity index (χ4n) is 1.40. The molecular formula is C15H19NO4. The van der Waals surface area contributed by atoms with Gasteiger partial charge in [-0.1, -0.05) is 36.4 Å². The van der Waals surface area contributed by atoms with Gasteiger partial charge in [-0.2, -0.15) is 0 Å². The van der Waals surface area contributed by atoms with Crippen molar-refractivity contribution in [2.45, 2.75) is 20.0 Å². The lowest BCUT2D eigenvalue weighted by Crippen LogP contribution is -2.24. The van der Waals surface area contributed by atoms with Crippen LogP contribution in [0.15, 0.2) is 42.5 Å². The zero-order valence-electron chi connectivity index (χ0n) is 11.5. The Bertz CT molecular complexity index is 442. The summed E-state index contributed by atoms with van der Waals surface area (Å²) in [5, 5.41) is 2.59. The van der Waals surface area contributed by atoms with Gasteiger partial charge >= 0.3 is 12.1 Å². The summed E-state index contributed by atoms with van der Waals surface area (Å²) < 4.78 is 9.75. The van der Waals surface area contributed by atoms with Crippen molar-refractivity contribution in [3.8, 4) is 0 Å². The Balaban J connectivity index is 2.10. The van der Waals surface area contributed by atoms with E-state index in [0.717, 1.165) is 5.56 Å². The fraction of sp³-hybridized carbons (Fsp3) is 0.333. The van der Waals surface area contributed by atoms with Crippen LogP contribution in [0.5, 0.6) is 0 Å². The number of esters is 1. The minimum absolute atomic E-state index is 0.241. The van der Waals surface area contributed by atoms with Crippen LogP contribution in [-0.4, -0.2) is 25.2 Å². The number of benzene rings is 1. The van der Waals surface area contributed by atoms with E-state index in [2.05, 4.69) is 5.32 Å². The number of nitrogens with one attached hydrogen (secondary N) is 1. The molecule has 5 nitrogen and oxygen atoms in total. The molecule has 1 amide bonds. The lowest BCUT2D eigenvalue weighted by Gasteiger charge is -2.05. The number of alkyl carbamates (subject to hydrolysis) is 1. The zero-order chi connectivity index (χ0) is 14.6. The SMILES string of the molecule is CCOC(=O)/C=C/CCNC(=O)OCc1ccccc1. The second-order valence-corrected chi connectivity index (χ2v) is 3.93. The third kappa shape index (κ3) is 7.20. The first-order chi connectivity index (χ1) is 9.72. The van der Waals surface area contributed by atoms with Crippen LogP contribution in [-0.2, 0) is 20.9 Å². The van der Waals surface area contributed by atoms with E-state index in [0.29, 0.717) is 19.6 Å². The Kier molecular flexibility index (Phi) is 7.57. The van der Waals surface area contributed by atoms with Crippen molar-refractivity contribution in [2.75, 3.05) is 13.2 Å². The Labute approximate surface area is 118 Å². The molecule has 108 valence electrons. The summed E-state index contributed by atoms with van der Waals surface area (Å²) >= 11 is 0. The molecule has 0 spiro atoms. The van der Waals surface area contributed by atoms with Crippen molar-refractivity contribution in [1.82, 2.24) is 5.32 Å². The van der Waals surface area contributed by atoms with Gasteiger partial charge in [-0.25, -0.2) is 9.59 Å². The van der Waals surface area contributed by atoms with E-state index in [1.807, 2.05) is 30.3 Å². The van der Waals surface area contributed by atoms with Gasteiger partial charge in [-0.3, -0.25) is 0 Å². The first-order valence-electron chi connectivity index (χ1n) is 6.50. The van der Waals surface area contributed by atoms with Crippen LogP contribution in [0.2, 0.25) is 0 Å². The second-order valence-electron chi connectivity index (χ2n) is 3.93. The van der Waals surface area contributed by atoms with Gasteiger partial charge in [-0.05, 0) is 18.9 Å². The first-order valence-corrected chi connectivity index (χ1v) is 6.50. The molecule has 0 fully saturated rings. The average molecular weight is 277 g/mol. The lowest BCUT2D eigenvalue weighted by molar-refractivity contribution is -0.137. The summed E-state index contributed by atoms with van der Waals surface area (Å²) in [6.07, 6.45) is 3.06. The predicted molar refractivity (Wildman–Crippen MR) is 75.0 cm³/mol. The van der Waals surface area contributed by atoms with Gasteiger partial charge in [0, 0.05) is 12.6 Å². The largest absolute Gasteiger partial charge is 0.463 e. The number of hydrogen-bond donors (Lipinski definition) is 1. The summed E-state index contributed by atoms with van der Waals surface area (Å²) in [5.74, 6) is -0.376. The van der Waals surface area contributed by atoms with Crippen LogP contribution in [0.1, 0.15) is 18.9 Å². The van der Waals surface area contributed by atoms with Crippen molar-refractivity contribution in [3.05, 3.63) is 48.0 Å². The van der Waals surface area contributed by atoms with E-state index in [4.69, 9.17) is 9.47 Å². The summed E-state index contributed by atoms with van der Waals surface area (Å²) in [4.78, 5) is 22.3. The maximum atomic E-state index is 11.4. The predicted octanol–water partition coefficient (Wildman–Crippen LogP) is 2.42. The molecule has 0 bridgehead atoms. The maximum absolute atomic E-state index is 11.4. The maximum Gasteiger partial charge on any atom is 0.407 e. The Morgan fingerprint density at radius 3 is 2.65 bits per heavy atom. The minimum atomic E-state index is -0.474. The van der Waals surface area contributed by atoms with Gasteiger partial charge < -0.3 is 14.8 Å². The summed E-state index contributed by atoms with van der Waals surface area (Å²) in [7, 11) is 0. The number of carbonyl (C=O) groups is 2. The molecule has 0 aliphatic rings. The standard InChI is InChI=1S/C15H19NO4/c1-2-19-14(17)10-6-7-11-16-15(18)20-12-13-8-4-3-5-9-13/h3-6,8-10H,2,7,11-12H2,1H3,(H,16,18)/b10-6+. The Morgan fingerprint density at radius 2 is 1.95 bits per heavy atom. The minimum Gasteiger partial charge on any atom is -0.463 e. The second kappa shape index (κ2) is 9.61. The fourth-order valence-corrected chi connectivity index (χ4v) is 1.40. The van der Waals surface area contributed by atoms with E-state index >= 15 is 0 Å². The molecule has 0 saturated heterocycles. The Morgan fingerprint density at radius 1 is 1.20 bits per heavy atom. The molecule has 1 N–H and O–H groups in total. The van der Waals surface area contributed by atoms with Crippen LogP contribution >= 0.6 is 0 Å². The van der Waals surface area contributed by atoms with Gasteiger partial charge in [0.1, 0.15) is 6.61 Å². The van der Waals surface area contributed by atoms with Crippen LogP contribution in [0, 0.1) is 0 Å². The quantitative estimate of drug-likeness (QED) is 0.472. The molecule has 1 aromatic carbocycles. The van der Waals surface area contributed by atoms with E-state index in [1.165, 1.54) is 6.08 Å². The third-order valence-corrected chi connectivity index (χ3v) is 2.33. The summed E-state index contributed by atoms with van der Waals surface area (Å²) in [6.45, 7) is 2.75. The third-order valence-electron chi connectivity index (χ3n) is 2.33.